The van der Waals surface area contributed by atoms with Gasteiger partial charge in [0.1, 0.15) is 49.9 Å². The fraction of sp³-hybridized carbons (Fsp3) is 0.138. The van der Waals surface area contributed by atoms with Crippen LogP contribution < -0.4 is 0 Å². The van der Waals surface area contributed by atoms with Crippen LogP contribution in [0.4, 0.5) is 43.9 Å². The Balaban J connectivity index is 0.000000210. The maximum absolute atomic E-state index is 12.6. The molecule has 0 saturated carbocycles. The molecule has 0 aliphatic carbocycles. The number of hydrogen-bond donors (Lipinski definition) is 1. The highest BCUT2D eigenvalue weighted by Crippen LogP contribution is 2.39. The summed E-state index contributed by atoms with van der Waals surface area (Å²) in [4.78, 5) is 14.5. The highest BCUT2D eigenvalue weighted by molar-refractivity contribution is 8.00. The topological polar surface area (TPSA) is 226 Å². The molecule has 0 heterocycles. The number of benzene rings is 16. The molecule has 0 spiro atoms. The van der Waals surface area contributed by atoms with Crippen LogP contribution in [0.25, 0.3) is 10.8 Å². The van der Waals surface area contributed by atoms with Gasteiger partial charge in [0.15, 0.2) is 90.6 Å². The van der Waals surface area contributed by atoms with Crippen molar-refractivity contribution in [2.75, 3.05) is 5.75 Å². The molecule has 16 aromatic carbocycles. The van der Waals surface area contributed by atoms with Crippen molar-refractivity contribution in [3.63, 3.8) is 0 Å². The normalized spacial score (nSPS) is 11.1. The molecule has 0 bridgehead atoms. The minimum atomic E-state index is -5.77. The van der Waals surface area contributed by atoms with Crippen LogP contribution >= 0.6 is 23.5 Å². The van der Waals surface area contributed by atoms with Gasteiger partial charge >= 0.3 is 0 Å². The second-order valence-corrected chi connectivity index (χ2v) is 45.4. The van der Waals surface area contributed by atoms with E-state index in [1.54, 1.807) is 48.2 Å². The molecule has 0 aromatic heterocycles. The summed E-state index contributed by atoms with van der Waals surface area (Å²) in [6.07, 6.45) is 14.5. The highest BCUT2D eigenvalue weighted by Gasteiger charge is 2.34. The number of fused-ring (bicyclic) bond motifs is 1. The van der Waals surface area contributed by atoms with Gasteiger partial charge in [-0.3, -0.25) is 4.55 Å². The molecule has 12 nitrogen and oxygen atoms in total. The standard InChI is InChI=1S/C36H28S3.C24H19S2.C14H30O3S.C10H8O3S.2C6HF5O3S.2C6H6S.CH4/c1-5-13-31(14-6-1)38(32-15-7-2-8-16-32)35-25-21-29(22-26-35)37-30-23-27-36(28-24-30)39(33-17-9-3-10-18-33)34-19-11-4-12-20-34;1-4-10-20(11-5-1)25-21-16-18-24(19-17-21)26(22-12-6-2-7-13-22)23-14-8-3-9-15-23;1-2-3-4-5-6-7-8-9-10-11-12-13-14-18(15,16)17;11-14(12,13)10-7-3-5-8-4-1-2-6-9(8)10;2*7-1-2(8)4(10)6(15(12,13)14)5(11)3(1)9;2*7-6-4-2-1-3-5-6;/h1-28H;1-19H;2-14H2,1H3,(H,15,16,17);1-7H,(H,11,12,13);2*(H,12,13,14);2*1-5,7H;1H4/q+2;+1;;;;;;;/p-1. The lowest BCUT2D eigenvalue weighted by Gasteiger charge is -2.10. The van der Waals surface area contributed by atoms with Crippen molar-refractivity contribution in [3.05, 3.63) is 446 Å². The van der Waals surface area contributed by atoms with E-state index in [1.807, 2.05) is 72.4 Å². The third-order valence-electron chi connectivity index (χ3n) is 19.9. The second-order valence-electron chi connectivity index (χ2n) is 30.3. The van der Waals surface area contributed by atoms with Gasteiger partial charge in [0.25, 0.3) is 10.1 Å². The molecular formula is C109H102F10O12S11+2. The van der Waals surface area contributed by atoms with E-state index in [0.29, 0.717) is 11.8 Å². The summed E-state index contributed by atoms with van der Waals surface area (Å²) in [7, 11) is -20.0. The molecule has 0 saturated heterocycles. The number of hydrogen-bond acceptors (Lipinski definition) is 13. The summed E-state index contributed by atoms with van der Waals surface area (Å²) >= 11 is 10.3. The Kier molecular flexibility index (Phi) is 48.7. The van der Waals surface area contributed by atoms with Crippen LogP contribution in [0.5, 0.6) is 0 Å². The Morgan fingerprint density at radius 3 is 0.704 bits per heavy atom. The lowest BCUT2D eigenvalue weighted by atomic mass is 10.1. The van der Waals surface area contributed by atoms with Crippen LogP contribution in [0, 0.1) is 58.2 Å². The molecule has 16 rings (SSSR count). The SMILES string of the molecule is C.CCCCCCCCCCCCCCS(=O)(=O)O.O=S(=O)([O-])c1c(F)c(F)c(F)c(F)c1F.O=S(=O)([O-])c1c(F)c(F)c(F)c(F)c1F.O=S(=O)([O-])c1cccc2ccccc12.[SH2+]c1ccccc1.[SH2+]c1ccccc1.c1ccc(Sc2ccc([S+](c3ccccc3)c3ccccc3)cc2)cc1.c1ccc([S+](c2ccccc2)c2ccc(Sc3ccc([S+](c4ccccc4)c4ccccc4)cc3)cc2)cc1. The molecule has 33 heteroatoms. The second kappa shape index (κ2) is 59.4. The van der Waals surface area contributed by atoms with Crippen molar-refractivity contribution in [1.29, 1.82) is 0 Å². The van der Waals surface area contributed by atoms with Gasteiger partial charge in [-0.2, -0.15) is 8.42 Å². The molecular weight excluding hydrogens is 2040 g/mol. The first kappa shape index (κ1) is 116. The van der Waals surface area contributed by atoms with Crippen molar-refractivity contribution in [2.45, 2.75) is 180 Å². The summed E-state index contributed by atoms with van der Waals surface area (Å²) in [5, 5.41) is 1.23. The van der Waals surface area contributed by atoms with Gasteiger partial charge in [0, 0.05) is 19.6 Å². The van der Waals surface area contributed by atoms with Crippen molar-refractivity contribution in [3.8, 4) is 0 Å². The number of rotatable bonds is 29. The van der Waals surface area contributed by atoms with Crippen LogP contribution in [0.15, 0.2) is 476 Å². The summed E-state index contributed by atoms with van der Waals surface area (Å²) in [6, 6.07) is 134. The first-order valence-corrected chi connectivity index (χ1v) is 55.8. The van der Waals surface area contributed by atoms with E-state index in [-0.39, 0.29) is 50.8 Å². The largest absolute Gasteiger partial charge is 0.744 e. The molecule has 16 aromatic rings. The zero-order valence-corrected chi connectivity index (χ0v) is 84.9. The Labute approximate surface area is 852 Å². The maximum Gasteiger partial charge on any atom is 0.264 e. The lowest BCUT2D eigenvalue weighted by Crippen LogP contribution is -2.12. The van der Waals surface area contributed by atoms with Gasteiger partial charge in [-0.25, -0.2) is 69.2 Å². The third kappa shape index (κ3) is 37.7. The average molecular weight is 2150 g/mol. The molecule has 0 atom stereocenters. The van der Waals surface area contributed by atoms with E-state index in [1.165, 1.54) is 127 Å². The lowest BCUT2D eigenvalue weighted by molar-refractivity contribution is 0.350. The first-order valence-electron chi connectivity index (χ1n) is 43.6. The van der Waals surface area contributed by atoms with Gasteiger partial charge < -0.3 is 13.7 Å². The predicted molar refractivity (Wildman–Crippen MR) is 553 cm³/mol. The zero-order chi connectivity index (χ0) is 102. The molecule has 142 heavy (non-hydrogen) atoms. The average Bonchev–Trinajstić information content (AvgIpc) is 0.775. The molecule has 0 aliphatic rings. The minimum Gasteiger partial charge on any atom is -0.744 e. The summed E-state index contributed by atoms with van der Waals surface area (Å²) < 4.78 is 248. The smallest absolute Gasteiger partial charge is 0.264 e. The number of unbranched alkanes of at least 4 members (excludes halogenated alkanes) is 11. The van der Waals surface area contributed by atoms with Crippen LogP contribution in [-0.4, -0.2) is 57.6 Å². The van der Waals surface area contributed by atoms with Gasteiger partial charge in [0.2, 0.25) is 11.6 Å². The van der Waals surface area contributed by atoms with Crippen LogP contribution in [-0.2, 0) is 98.4 Å². The molecule has 0 amide bonds. The Bertz CT molecular complexity index is 6580. The summed E-state index contributed by atoms with van der Waals surface area (Å²) in [5.41, 5.74) is 0. The third-order valence-corrected chi connectivity index (χ3v) is 32.7. The molecule has 0 fully saturated rings. The van der Waals surface area contributed by atoms with Crippen LogP contribution in [0.3, 0.4) is 0 Å². The summed E-state index contributed by atoms with van der Waals surface area (Å²) in [5.74, 6) is -25.7. The molecule has 744 valence electrons. The molecule has 0 unspecified atom stereocenters. The van der Waals surface area contributed by atoms with Gasteiger partial charge in [-0.15, -0.1) is 0 Å². The van der Waals surface area contributed by atoms with Gasteiger partial charge in [-0.05, 0) is 231 Å². The predicted octanol–water partition coefficient (Wildman–Crippen LogP) is 28.6. The van der Waals surface area contributed by atoms with Crippen LogP contribution in [0.2, 0.25) is 0 Å². The molecule has 0 radical (unpaired) electrons. The van der Waals surface area contributed by atoms with E-state index in [9.17, 15) is 91.2 Å². The van der Waals surface area contributed by atoms with E-state index < -0.39 is 108 Å². The fourth-order valence-electron chi connectivity index (χ4n) is 13.3. The van der Waals surface area contributed by atoms with Gasteiger partial charge in [0.05, 0.1) is 43.3 Å². The van der Waals surface area contributed by atoms with E-state index in [4.69, 9.17) is 4.55 Å². The first-order chi connectivity index (χ1) is 67.5. The fourth-order valence-corrected chi connectivity index (χ4v) is 24.1. The van der Waals surface area contributed by atoms with E-state index >= 15 is 0 Å². The van der Waals surface area contributed by atoms with Crippen molar-refractivity contribution in [1.82, 2.24) is 0 Å². The van der Waals surface area contributed by atoms with E-state index in [0.717, 1.165) is 28.0 Å². The monoisotopic (exact) mass is 2140 g/mol. The van der Waals surface area contributed by atoms with Crippen LogP contribution in [0.1, 0.15) is 91.4 Å². The van der Waals surface area contributed by atoms with Crippen molar-refractivity contribution >= 4 is 133 Å². The maximum atomic E-state index is 12.6. The molecule has 1 N–H and O–H groups in total. The quantitative estimate of drug-likeness (QED) is 0.0115. The summed E-state index contributed by atoms with van der Waals surface area (Å²) in [6.45, 7) is 2.24. The Morgan fingerprint density at radius 2 is 0.465 bits per heavy atom. The van der Waals surface area contributed by atoms with Gasteiger partial charge in [-0.1, -0.05) is 309 Å². The Morgan fingerprint density at radius 1 is 0.254 bits per heavy atom. The van der Waals surface area contributed by atoms with Crippen molar-refractivity contribution in [2.24, 2.45) is 0 Å². The van der Waals surface area contributed by atoms with Crippen molar-refractivity contribution < 1.29 is 95.8 Å². The minimum absolute atomic E-state index is 0. The number of halogens is 10. The van der Waals surface area contributed by atoms with E-state index in [2.05, 4.69) is 317 Å². The Hall–Kier alpha value is -10.8. The highest BCUT2D eigenvalue weighted by atomic mass is 32.2. The zero-order valence-electron chi connectivity index (χ0n) is 75.5. The molecule has 0 aliphatic heterocycles.